The first-order chi connectivity index (χ1) is 22.7. The molecule has 0 unspecified atom stereocenters. The largest absolute Gasteiger partial charge is 0.115 e. The van der Waals surface area contributed by atoms with E-state index < -0.39 is 0 Å². The summed E-state index contributed by atoms with van der Waals surface area (Å²) in [5.74, 6) is 2.96. The van der Waals surface area contributed by atoms with Crippen LogP contribution in [-0.4, -0.2) is 0 Å². The Bertz CT molecular complexity index is 2210. The molecule has 0 spiro atoms. The smallest absolute Gasteiger partial charge is 0.0321 e. The molecule has 0 saturated carbocycles. The van der Waals surface area contributed by atoms with Crippen LogP contribution in [0.3, 0.4) is 0 Å². The molecular formula is C46H42. The van der Waals surface area contributed by atoms with Crippen molar-refractivity contribution in [1.82, 2.24) is 0 Å². The van der Waals surface area contributed by atoms with Gasteiger partial charge in [0.15, 0.2) is 0 Å². The lowest BCUT2D eigenvalue weighted by molar-refractivity contribution is 0.717. The van der Waals surface area contributed by atoms with Crippen molar-refractivity contribution in [3.63, 3.8) is 0 Å². The lowest BCUT2D eigenvalue weighted by Gasteiger charge is -2.20. The van der Waals surface area contributed by atoms with E-state index in [0.29, 0.717) is 0 Å². The van der Waals surface area contributed by atoms with E-state index >= 15 is 0 Å². The molecule has 0 amide bonds. The van der Waals surface area contributed by atoms with Gasteiger partial charge < -0.3 is 0 Å². The van der Waals surface area contributed by atoms with E-state index in [9.17, 15) is 0 Å². The molecule has 0 aliphatic rings. The number of hydrogen-bond donors (Lipinski definition) is 0. The zero-order chi connectivity index (χ0) is 31.5. The third-order valence-electron chi connectivity index (χ3n) is 9.76. The molecule has 0 aliphatic carbocycles. The van der Waals surface area contributed by atoms with Crippen molar-refractivity contribution in [2.75, 3.05) is 0 Å². The van der Waals surface area contributed by atoms with Crippen LogP contribution >= 0.6 is 0 Å². The molecule has 0 heteroatoms. The van der Waals surface area contributed by atoms with E-state index in [1.807, 2.05) is 0 Å². The zero-order valence-electron chi connectivity index (χ0n) is 27.2. The highest BCUT2D eigenvalue weighted by Crippen LogP contribution is 2.46. The predicted octanol–water partition coefficient (Wildman–Crippen LogP) is 13.1. The van der Waals surface area contributed by atoms with Crippen LogP contribution in [0, 0.1) is 12.3 Å². The molecule has 0 fully saturated rings. The van der Waals surface area contributed by atoms with Gasteiger partial charge in [-0.2, -0.15) is 0 Å². The van der Waals surface area contributed by atoms with Crippen molar-refractivity contribution in [2.24, 2.45) is 0 Å². The van der Waals surface area contributed by atoms with Gasteiger partial charge >= 0.3 is 0 Å². The fourth-order valence-electron chi connectivity index (χ4n) is 7.27. The van der Waals surface area contributed by atoms with Gasteiger partial charge in [-0.05, 0) is 132 Å². The molecule has 0 heterocycles. The summed E-state index contributed by atoms with van der Waals surface area (Å²) in [6.45, 7) is 4.54. The normalized spacial score (nSPS) is 11.5. The number of rotatable bonds is 10. The second-order valence-corrected chi connectivity index (χ2v) is 12.9. The highest BCUT2D eigenvalue weighted by atomic mass is 14.2. The summed E-state index contributed by atoms with van der Waals surface area (Å²) in [5, 5.41) is 9.92. The minimum atomic E-state index is 0.938. The maximum absolute atomic E-state index is 6.06. The Labute approximate surface area is 274 Å². The first-order valence-electron chi connectivity index (χ1n) is 17.2. The monoisotopic (exact) mass is 594 g/mol. The third kappa shape index (κ3) is 5.68. The lowest BCUT2D eigenvalue weighted by Crippen LogP contribution is -1.94. The Morgan fingerprint density at radius 2 is 0.913 bits per heavy atom. The molecule has 7 aromatic rings. The van der Waals surface area contributed by atoms with Crippen LogP contribution in [-0.2, 0) is 12.8 Å². The Morgan fingerprint density at radius 3 is 1.39 bits per heavy atom. The molecule has 0 bridgehead atoms. The van der Waals surface area contributed by atoms with Crippen LogP contribution in [0.1, 0.15) is 69.1 Å². The average molecular weight is 595 g/mol. The van der Waals surface area contributed by atoms with Crippen molar-refractivity contribution in [2.45, 2.75) is 65.2 Å². The Kier molecular flexibility index (Phi) is 8.59. The van der Waals surface area contributed by atoms with Crippen LogP contribution in [0.2, 0.25) is 0 Å². The van der Waals surface area contributed by atoms with Gasteiger partial charge in [-0.1, -0.05) is 130 Å². The van der Waals surface area contributed by atoms with Crippen LogP contribution < -0.4 is 0 Å². The van der Waals surface area contributed by atoms with Crippen molar-refractivity contribution < 1.29 is 0 Å². The van der Waals surface area contributed by atoms with E-state index in [1.165, 1.54) is 110 Å². The van der Waals surface area contributed by atoms with Crippen LogP contribution in [0.25, 0.3) is 65.3 Å². The quantitative estimate of drug-likeness (QED) is 0.0839. The molecule has 0 N–H and O–H groups in total. The molecule has 0 aliphatic heterocycles. The number of aryl methyl sites for hydroxylation is 2. The van der Waals surface area contributed by atoms with Gasteiger partial charge in [0, 0.05) is 5.56 Å². The van der Waals surface area contributed by atoms with E-state index in [-0.39, 0.29) is 0 Å². The minimum Gasteiger partial charge on any atom is -0.115 e. The topological polar surface area (TPSA) is 0 Å². The van der Waals surface area contributed by atoms with Crippen molar-refractivity contribution in [3.05, 3.63) is 132 Å². The maximum atomic E-state index is 6.06. The second-order valence-electron chi connectivity index (χ2n) is 12.9. The van der Waals surface area contributed by atoms with Gasteiger partial charge in [0.25, 0.3) is 0 Å². The zero-order valence-corrected chi connectivity index (χ0v) is 27.2. The van der Waals surface area contributed by atoms with Crippen LogP contribution in [0.4, 0.5) is 0 Å². The van der Waals surface area contributed by atoms with Gasteiger partial charge in [0.05, 0.1) is 0 Å². The van der Waals surface area contributed by atoms with Crippen molar-refractivity contribution >= 4 is 43.1 Å². The van der Waals surface area contributed by atoms with E-state index in [2.05, 4.69) is 135 Å². The highest BCUT2D eigenvalue weighted by molar-refractivity contribution is 6.25. The molecule has 0 saturated heterocycles. The SMILES string of the molecule is C#Cc1cccc2cc3c(-c4ccc(CCCCC)cc4)c4cc5ccccc5cc4c(-c4ccc(CCCCC)cc4)c3cc12. The molecule has 0 aromatic heterocycles. The molecule has 7 rings (SSSR count). The van der Waals surface area contributed by atoms with Crippen molar-refractivity contribution in [3.8, 4) is 34.6 Å². The number of benzene rings is 7. The maximum Gasteiger partial charge on any atom is 0.0321 e. The Hall–Kier alpha value is -4.86. The van der Waals surface area contributed by atoms with Gasteiger partial charge in [-0.3, -0.25) is 0 Å². The molecule has 46 heavy (non-hydrogen) atoms. The standard InChI is InChI=1S/C46H42/c1-4-7-9-14-32-20-24-35(25-21-32)45-41-28-37-16-11-12-17-38(37)29-42(41)46(36-26-22-33(23-27-36)15-10-8-5-2)44-31-40-34(6-3)18-13-19-39(40)30-43(44)45/h3,11-13,16-31H,4-5,7-10,14-15H2,1-2H3. The number of hydrogen-bond acceptors (Lipinski definition) is 0. The summed E-state index contributed by atoms with van der Waals surface area (Å²) in [5.41, 5.74) is 8.85. The lowest BCUT2D eigenvalue weighted by atomic mass is 9.83. The fraction of sp³-hybridized carbons (Fsp3) is 0.217. The second kappa shape index (κ2) is 13.2. The van der Waals surface area contributed by atoms with Gasteiger partial charge in [0.2, 0.25) is 0 Å². The summed E-state index contributed by atoms with van der Waals surface area (Å²) < 4.78 is 0. The highest BCUT2D eigenvalue weighted by Gasteiger charge is 2.19. The Balaban J connectivity index is 1.55. The minimum absolute atomic E-state index is 0.938. The molecule has 0 nitrogen and oxygen atoms in total. The molecular weight excluding hydrogens is 553 g/mol. The summed E-state index contributed by atoms with van der Waals surface area (Å²) in [7, 11) is 0. The molecule has 7 aromatic carbocycles. The van der Waals surface area contributed by atoms with E-state index in [4.69, 9.17) is 6.42 Å². The number of terminal acetylenes is 1. The summed E-state index contributed by atoms with van der Waals surface area (Å²) in [6, 6.07) is 43.4. The third-order valence-corrected chi connectivity index (χ3v) is 9.76. The number of fused-ring (bicyclic) bond motifs is 4. The first kappa shape index (κ1) is 29.8. The van der Waals surface area contributed by atoms with E-state index in [1.54, 1.807) is 0 Å². The summed E-state index contributed by atoms with van der Waals surface area (Å²) in [4.78, 5) is 0. The van der Waals surface area contributed by atoms with Gasteiger partial charge in [0.1, 0.15) is 0 Å². The first-order valence-corrected chi connectivity index (χ1v) is 17.2. The molecule has 226 valence electrons. The van der Waals surface area contributed by atoms with E-state index in [0.717, 1.165) is 23.8 Å². The summed E-state index contributed by atoms with van der Waals surface area (Å²) >= 11 is 0. The fourth-order valence-corrected chi connectivity index (χ4v) is 7.27. The van der Waals surface area contributed by atoms with Gasteiger partial charge in [-0.15, -0.1) is 6.42 Å². The molecule has 0 atom stereocenters. The van der Waals surface area contributed by atoms with Crippen molar-refractivity contribution in [1.29, 1.82) is 0 Å². The number of unbranched alkanes of at least 4 members (excludes halogenated alkanes) is 4. The Morgan fingerprint density at radius 1 is 0.457 bits per heavy atom. The summed E-state index contributed by atoms with van der Waals surface area (Å²) in [6.07, 6.45) is 15.8. The van der Waals surface area contributed by atoms with Crippen LogP contribution in [0.5, 0.6) is 0 Å². The average Bonchev–Trinajstić information content (AvgIpc) is 3.10. The van der Waals surface area contributed by atoms with Crippen LogP contribution in [0.15, 0.2) is 115 Å². The predicted molar refractivity (Wildman–Crippen MR) is 202 cm³/mol. The molecule has 0 radical (unpaired) electrons. The van der Waals surface area contributed by atoms with Gasteiger partial charge in [-0.25, -0.2) is 0 Å².